The Labute approximate surface area is 108 Å². The Bertz CT molecular complexity index is 510. The van der Waals surface area contributed by atoms with Crippen molar-refractivity contribution in [1.29, 1.82) is 0 Å². The number of rotatable bonds is 6. The molecule has 8 heteroatoms. The normalized spacial score (nSPS) is 12.5. The van der Waals surface area contributed by atoms with Crippen LogP contribution in [0.15, 0.2) is 29.9 Å². The molecule has 7 nitrogen and oxygen atoms in total. The molecule has 0 aliphatic carbocycles. The Morgan fingerprint density at radius 1 is 1.61 bits per heavy atom. The molecule has 0 bridgehead atoms. The van der Waals surface area contributed by atoms with E-state index in [1.54, 1.807) is 12.5 Å². The molecule has 0 aliphatic rings. The van der Waals surface area contributed by atoms with Gasteiger partial charge in [0.15, 0.2) is 5.16 Å². The van der Waals surface area contributed by atoms with Crippen LogP contribution in [0.25, 0.3) is 0 Å². The molecule has 1 atom stereocenters. The van der Waals surface area contributed by atoms with Crippen molar-refractivity contribution in [2.45, 2.75) is 24.7 Å². The SMILES string of the molecule is CC(Cn1cccn1)n1cnnc1SCC(=O)O. The second-order valence-corrected chi connectivity index (χ2v) is 4.72. The molecule has 2 heterocycles. The highest BCUT2D eigenvalue weighted by Gasteiger charge is 2.13. The molecule has 0 aromatic carbocycles. The van der Waals surface area contributed by atoms with Crippen LogP contribution < -0.4 is 0 Å². The van der Waals surface area contributed by atoms with Gasteiger partial charge in [0.1, 0.15) is 6.33 Å². The number of nitrogens with zero attached hydrogens (tertiary/aromatic N) is 5. The maximum absolute atomic E-state index is 10.5. The first-order valence-electron chi connectivity index (χ1n) is 5.38. The van der Waals surface area contributed by atoms with E-state index in [0.29, 0.717) is 11.7 Å². The predicted octanol–water partition coefficient (Wildman–Crippen LogP) is 0.912. The zero-order chi connectivity index (χ0) is 13.0. The summed E-state index contributed by atoms with van der Waals surface area (Å²) >= 11 is 1.16. The highest BCUT2D eigenvalue weighted by atomic mass is 32.2. The van der Waals surface area contributed by atoms with Crippen molar-refractivity contribution in [2.24, 2.45) is 0 Å². The van der Waals surface area contributed by atoms with Gasteiger partial charge in [-0.2, -0.15) is 5.10 Å². The topological polar surface area (TPSA) is 85.8 Å². The minimum Gasteiger partial charge on any atom is -0.481 e. The highest BCUT2D eigenvalue weighted by molar-refractivity contribution is 7.99. The molecular formula is C10H13N5O2S. The van der Waals surface area contributed by atoms with Crippen LogP contribution in [0.1, 0.15) is 13.0 Å². The van der Waals surface area contributed by atoms with Crippen LogP contribution in [0, 0.1) is 0 Å². The van der Waals surface area contributed by atoms with Crippen molar-refractivity contribution in [1.82, 2.24) is 24.5 Å². The van der Waals surface area contributed by atoms with Crippen molar-refractivity contribution < 1.29 is 9.90 Å². The summed E-state index contributed by atoms with van der Waals surface area (Å²) in [5.41, 5.74) is 0. The van der Waals surface area contributed by atoms with Crippen LogP contribution in [0.4, 0.5) is 0 Å². The van der Waals surface area contributed by atoms with Gasteiger partial charge < -0.3 is 9.67 Å². The van der Waals surface area contributed by atoms with Gasteiger partial charge in [-0.3, -0.25) is 9.48 Å². The van der Waals surface area contributed by atoms with Crippen LogP contribution in [0.3, 0.4) is 0 Å². The lowest BCUT2D eigenvalue weighted by atomic mass is 10.3. The van der Waals surface area contributed by atoms with E-state index in [1.807, 2.05) is 28.4 Å². The van der Waals surface area contributed by atoms with E-state index in [-0.39, 0.29) is 11.8 Å². The molecule has 0 spiro atoms. The van der Waals surface area contributed by atoms with E-state index in [2.05, 4.69) is 15.3 Å². The molecule has 0 saturated carbocycles. The third kappa shape index (κ3) is 3.10. The van der Waals surface area contributed by atoms with E-state index in [9.17, 15) is 4.79 Å². The largest absolute Gasteiger partial charge is 0.481 e. The summed E-state index contributed by atoms with van der Waals surface area (Å²) in [4.78, 5) is 10.5. The summed E-state index contributed by atoms with van der Waals surface area (Å²) < 4.78 is 3.67. The molecule has 0 aliphatic heterocycles. The highest BCUT2D eigenvalue weighted by Crippen LogP contribution is 2.19. The van der Waals surface area contributed by atoms with Crippen molar-refractivity contribution in [2.75, 3.05) is 5.75 Å². The van der Waals surface area contributed by atoms with Gasteiger partial charge in [0.05, 0.1) is 18.3 Å². The van der Waals surface area contributed by atoms with Crippen molar-refractivity contribution in [3.63, 3.8) is 0 Å². The standard InChI is InChI=1S/C10H13N5O2S/c1-8(5-14-4-2-3-12-14)15-7-11-13-10(15)18-6-9(16)17/h2-4,7-8H,5-6H2,1H3,(H,16,17). The van der Waals surface area contributed by atoms with E-state index < -0.39 is 5.97 Å². The molecule has 2 rings (SSSR count). The van der Waals surface area contributed by atoms with E-state index >= 15 is 0 Å². The van der Waals surface area contributed by atoms with Crippen LogP contribution in [0.2, 0.25) is 0 Å². The Morgan fingerprint density at radius 2 is 2.44 bits per heavy atom. The third-order valence-electron chi connectivity index (χ3n) is 2.35. The quantitative estimate of drug-likeness (QED) is 0.783. The number of aromatic nitrogens is 5. The molecule has 1 unspecified atom stereocenters. The Kier molecular flexibility index (Phi) is 3.98. The zero-order valence-corrected chi connectivity index (χ0v) is 10.6. The number of carboxylic acid groups (broad SMARTS) is 1. The molecule has 2 aromatic heterocycles. The first-order chi connectivity index (χ1) is 8.66. The van der Waals surface area contributed by atoms with Crippen LogP contribution in [-0.2, 0) is 11.3 Å². The summed E-state index contributed by atoms with van der Waals surface area (Å²) in [6.45, 7) is 2.70. The number of thioether (sulfide) groups is 1. The number of hydrogen-bond acceptors (Lipinski definition) is 5. The fraction of sp³-hybridized carbons (Fsp3) is 0.400. The lowest BCUT2D eigenvalue weighted by Crippen LogP contribution is -2.14. The maximum Gasteiger partial charge on any atom is 0.313 e. The Balaban J connectivity index is 2.03. The van der Waals surface area contributed by atoms with Crippen LogP contribution in [-0.4, -0.2) is 41.4 Å². The Hall–Kier alpha value is -1.83. The first kappa shape index (κ1) is 12.6. The maximum atomic E-state index is 10.5. The lowest BCUT2D eigenvalue weighted by molar-refractivity contribution is -0.133. The zero-order valence-electron chi connectivity index (χ0n) is 9.80. The summed E-state index contributed by atoms with van der Waals surface area (Å²) in [6, 6.07) is 1.97. The van der Waals surface area contributed by atoms with Crippen LogP contribution >= 0.6 is 11.8 Å². The molecule has 18 heavy (non-hydrogen) atoms. The van der Waals surface area contributed by atoms with Crippen molar-refractivity contribution in [3.8, 4) is 0 Å². The van der Waals surface area contributed by atoms with Crippen LogP contribution in [0.5, 0.6) is 0 Å². The molecule has 96 valence electrons. The minimum atomic E-state index is -0.866. The van der Waals surface area contributed by atoms with Gasteiger partial charge in [-0.25, -0.2) is 0 Å². The van der Waals surface area contributed by atoms with E-state index in [1.165, 1.54) is 0 Å². The van der Waals surface area contributed by atoms with Crippen molar-refractivity contribution in [3.05, 3.63) is 24.8 Å². The van der Waals surface area contributed by atoms with Gasteiger partial charge in [0.2, 0.25) is 0 Å². The minimum absolute atomic E-state index is 0.0207. The van der Waals surface area contributed by atoms with E-state index in [4.69, 9.17) is 5.11 Å². The van der Waals surface area contributed by atoms with Gasteiger partial charge in [0, 0.05) is 12.4 Å². The monoisotopic (exact) mass is 267 g/mol. The first-order valence-corrected chi connectivity index (χ1v) is 6.37. The number of carboxylic acids is 1. The molecular weight excluding hydrogens is 254 g/mol. The van der Waals surface area contributed by atoms with Gasteiger partial charge in [0.25, 0.3) is 0 Å². The molecule has 2 aromatic rings. The van der Waals surface area contributed by atoms with Gasteiger partial charge in [-0.05, 0) is 13.0 Å². The fourth-order valence-corrected chi connectivity index (χ4v) is 2.26. The van der Waals surface area contributed by atoms with Gasteiger partial charge in [-0.1, -0.05) is 11.8 Å². The average molecular weight is 267 g/mol. The molecule has 0 saturated heterocycles. The second-order valence-electron chi connectivity index (χ2n) is 3.78. The molecule has 0 amide bonds. The molecule has 1 N–H and O–H groups in total. The van der Waals surface area contributed by atoms with E-state index in [0.717, 1.165) is 11.8 Å². The summed E-state index contributed by atoms with van der Waals surface area (Å²) in [6.07, 6.45) is 5.21. The smallest absolute Gasteiger partial charge is 0.313 e. The van der Waals surface area contributed by atoms with Gasteiger partial charge >= 0.3 is 5.97 Å². The second kappa shape index (κ2) is 5.67. The summed E-state index contributed by atoms with van der Waals surface area (Å²) in [5.74, 6) is -0.887. The fourth-order valence-electron chi connectivity index (χ4n) is 1.53. The summed E-state index contributed by atoms with van der Waals surface area (Å²) in [7, 11) is 0. The Morgan fingerprint density at radius 3 is 3.11 bits per heavy atom. The predicted molar refractivity (Wildman–Crippen MR) is 65.3 cm³/mol. The number of hydrogen-bond donors (Lipinski definition) is 1. The lowest BCUT2D eigenvalue weighted by Gasteiger charge is -2.14. The van der Waals surface area contributed by atoms with Crippen molar-refractivity contribution >= 4 is 17.7 Å². The average Bonchev–Trinajstić information content (AvgIpc) is 2.96. The third-order valence-corrected chi connectivity index (χ3v) is 3.29. The number of carbonyl (C=O) groups is 1. The molecule has 0 radical (unpaired) electrons. The number of aliphatic carboxylic acids is 1. The molecule has 0 fully saturated rings. The van der Waals surface area contributed by atoms with Gasteiger partial charge in [-0.15, -0.1) is 10.2 Å². The summed E-state index contributed by atoms with van der Waals surface area (Å²) in [5, 5.41) is 21.1.